The zero-order valence-corrected chi connectivity index (χ0v) is 15.8. The molecular weight excluding hydrogens is 322 g/mol. The number of rotatable bonds is 5. The monoisotopic (exact) mass is 347 g/mol. The number of carbonyl (C=O) groups is 1. The van der Waals surface area contributed by atoms with E-state index in [1.165, 1.54) is 22.3 Å². The van der Waals surface area contributed by atoms with Crippen molar-refractivity contribution in [1.82, 2.24) is 9.97 Å². The van der Waals surface area contributed by atoms with E-state index < -0.39 is 0 Å². The Morgan fingerprint density at radius 1 is 1.15 bits per heavy atom. The highest BCUT2D eigenvalue weighted by molar-refractivity contribution is 5.90. The van der Waals surface area contributed by atoms with Crippen molar-refractivity contribution in [3.05, 3.63) is 82.9 Å². The molecule has 0 spiro atoms. The van der Waals surface area contributed by atoms with Gasteiger partial charge < -0.3 is 9.88 Å². The smallest absolute Gasteiger partial charge is 0.223 e. The van der Waals surface area contributed by atoms with E-state index in [2.05, 4.69) is 54.1 Å². The normalized spacial score (nSPS) is 12.0. The summed E-state index contributed by atoms with van der Waals surface area (Å²) < 4.78 is 0. The van der Waals surface area contributed by atoms with Gasteiger partial charge in [-0.2, -0.15) is 0 Å². The van der Waals surface area contributed by atoms with E-state index >= 15 is 0 Å². The quantitative estimate of drug-likeness (QED) is 0.744. The number of aryl methyl sites for hydroxylation is 1. The molecule has 0 aliphatic rings. The number of anilines is 1. The molecule has 1 N–H and O–H groups in total. The fraction of sp³-hybridized carbons (Fsp3) is 0.273. The third kappa shape index (κ3) is 3.69. The topological polar surface area (TPSA) is 49.0 Å². The lowest BCUT2D eigenvalue weighted by atomic mass is 9.85. The van der Waals surface area contributed by atoms with Gasteiger partial charge in [0.2, 0.25) is 5.91 Å². The lowest BCUT2D eigenvalue weighted by molar-refractivity contribution is -0.116. The van der Waals surface area contributed by atoms with Crippen LogP contribution < -0.4 is 4.90 Å². The molecule has 1 atom stereocenters. The Hall–Kier alpha value is -2.88. The number of carbonyl (C=O) groups excluding carboxylic acids is 1. The minimum absolute atomic E-state index is 0.0310. The second-order valence-corrected chi connectivity index (χ2v) is 6.80. The van der Waals surface area contributed by atoms with Crippen LogP contribution in [0.1, 0.15) is 40.8 Å². The highest BCUT2D eigenvalue weighted by Gasteiger charge is 2.19. The minimum atomic E-state index is 0.0310. The molecule has 4 heteroatoms. The van der Waals surface area contributed by atoms with Crippen LogP contribution in [-0.4, -0.2) is 22.9 Å². The number of aromatic amines is 1. The molecule has 0 saturated heterocycles. The Morgan fingerprint density at radius 3 is 2.50 bits per heavy atom. The van der Waals surface area contributed by atoms with Crippen LogP contribution in [0, 0.1) is 13.8 Å². The van der Waals surface area contributed by atoms with Crippen molar-refractivity contribution in [3.8, 4) is 0 Å². The fourth-order valence-electron chi connectivity index (χ4n) is 3.27. The molecule has 3 rings (SSSR count). The van der Waals surface area contributed by atoms with E-state index in [9.17, 15) is 4.79 Å². The van der Waals surface area contributed by atoms with E-state index in [0.29, 0.717) is 0 Å². The van der Waals surface area contributed by atoms with Crippen LogP contribution in [-0.2, 0) is 11.2 Å². The van der Waals surface area contributed by atoms with E-state index in [0.717, 1.165) is 17.8 Å². The van der Waals surface area contributed by atoms with Crippen LogP contribution >= 0.6 is 0 Å². The number of nitrogens with one attached hydrogen (secondary N) is 1. The second-order valence-electron chi connectivity index (χ2n) is 6.80. The first kappa shape index (κ1) is 17.9. The van der Waals surface area contributed by atoms with Crippen LogP contribution in [0.4, 0.5) is 5.69 Å². The Kier molecular flexibility index (Phi) is 5.21. The van der Waals surface area contributed by atoms with Gasteiger partial charge in [-0.25, -0.2) is 4.98 Å². The van der Waals surface area contributed by atoms with Crippen LogP contribution in [0.5, 0.6) is 0 Å². The summed E-state index contributed by atoms with van der Waals surface area (Å²) in [7, 11) is 1.79. The molecule has 26 heavy (non-hydrogen) atoms. The molecule has 4 nitrogen and oxygen atoms in total. The highest BCUT2D eigenvalue weighted by atomic mass is 16.2. The Labute approximate surface area is 154 Å². The van der Waals surface area contributed by atoms with Crippen LogP contribution in [0.3, 0.4) is 0 Å². The van der Waals surface area contributed by atoms with Gasteiger partial charge in [-0.1, -0.05) is 30.3 Å². The van der Waals surface area contributed by atoms with Gasteiger partial charge in [0.25, 0.3) is 0 Å². The highest BCUT2D eigenvalue weighted by Crippen LogP contribution is 2.31. The Morgan fingerprint density at radius 2 is 1.88 bits per heavy atom. The van der Waals surface area contributed by atoms with Gasteiger partial charge in [-0.3, -0.25) is 4.79 Å². The van der Waals surface area contributed by atoms with Crippen molar-refractivity contribution in [2.24, 2.45) is 0 Å². The number of hydrogen-bond acceptors (Lipinski definition) is 2. The first-order valence-corrected chi connectivity index (χ1v) is 8.85. The molecule has 2 aromatic carbocycles. The van der Waals surface area contributed by atoms with E-state index in [1.54, 1.807) is 25.2 Å². The van der Waals surface area contributed by atoms with Gasteiger partial charge in [-0.15, -0.1) is 0 Å². The molecule has 0 saturated carbocycles. The molecule has 1 amide bonds. The van der Waals surface area contributed by atoms with Crippen LogP contribution in [0.25, 0.3) is 0 Å². The zero-order valence-electron chi connectivity index (χ0n) is 15.8. The number of amides is 1. The number of imidazole rings is 1. The summed E-state index contributed by atoms with van der Waals surface area (Å²) in [5.74, 6) is 0.247. The molecule has 134 valence electrons. The van der Waals surface area contributed by atoms with Gasteiger partial charge in [0.15, 0.2) is 0 Å². The number of aromatic nitrogens is 2. The molecule has 0 radical (unpaired) electrons. The van der Waals surface area contributed by atoms with Crippen molar-refractivity contribution in [2.75, 3.05) is 11.9 Å². The molecule has 0 fully saturated rings. The lowest BCUT2D eigenvalue weighted by Crippen LogP contribution is -2.22. The van der Waals surface area contributed by atoms with Crippen LogP contribution in [0.15, 0.2) is 55.0 Å². The standard InChI is InChI=1S/C22H25N3O/c1-15-6-5-7-20(16(15)2)21(22-13-23-14-24-22)12-18-8-10-19(11-9-18)25(4)17(3)26/h5-11,13-14,21H,12H2,1-4H3,(H,23,24). The SMILES string of the molecule is CC(=O)N(C)c1ccc(CC(c2cnc[nH]2)c2cccc(C)c2C)cc1. The van der Waals surface area contributed by atoms with Crippen molar-refractivity contribution in [2.45, 2.75) is 33.1 Å². The van der Waals surface area contributed by atoms with Crippen molar-refractivity contribution in [3.63, 3.8) is 0 Å². The molecule has 1 aromatic heterocycles. The minimum Gasteiger partial charge on any atom is -0.348 e. The number of benzene rings is 2. The summed E-state index contributed by atoms with van der Waals surface area (Å²) in [5.41, 5.74) is 7.19. The summed E-state index contributed by atoms with van der Waals surface area (Å²) in [6.07, 6.45) is 4.51. The maximum absolute atomic E-state index is 11.5. The largest absolute Gasteiger partial charge is 0.348 e. The van der Waals surface area contributed by atoms with Gasteiger partial charge in [-0.05, 0) is 54.7 Å². The molecular formula is C22H25N3O. The summed E-state index contributed by atoms with van der Waals surface area (Å²) in [6, 6.07) is 14.7. The number of nitrogens with zero attached hydrogens (tertiary/aromatic N) is 2. The molecule has 0 bridgehead atoms. The summed E-state index contributed by atoms with van der Waals surface area (Å²) in [5, 5.41) is 0. The van der Waals surface area contributed by atoms with Crippen molar-refractivity contribution < 1.29 is 4.79 Å². The molecule has 1 heterocycles. The molecule has 0 aliphatic heterocycles. The first-order chi connectivity index (χ1) is 12.5. The first-order valence-electron chi connectivity index (χ1n) is 8.85. The van der Waals surface area contributed by atoms with Gasteiger partial charge in [0.1, 0.15) is 0 Å². The summed E-state index contributed by atoms with van der Waals surface area (Å²) in [4.78, 5) is 20.7. The maximum atomic E-state index is 11.5. The second kappa shape index (κ2) is 7.56. The van der Waals surface area contributed by atoms with E-state index in [1.807, 2.05) is 18.3 Å². The average Bonchev–Trinajstić information content (AvgIpc) is 3.16. The van der Waals surface area contributed by atoms with E-state index in [4.69, 9.17) is 0 Å². The summed E-state index contributed by atoms with van der Waals surface area (Å²) in [6.45, 7) is 5.90. The van der Waals surface area contributed by atoms with Crippen molar-refractivity contribution in [1.29, 1.82) is 0 Å². The van der Waals surface area contributed by atoms with Crippen LogP contribution in [0.2, 0.25) is 0 Å². The zero-order chi connectivity index (χ0) is 18.7. The number of H-pyrrole nitrogens is 1. The third-order valence-electron chi connectivity index (χ3n) is 5.15. The fourth-order valence-corrected chi connectivity index (χ4v) is 3.27. The van der Waals surface area contributed by atoms with E-state index in [-0.39, 0.29) is 11.8 Å². The van der Waals surface area contributed by atoms with Gasteiger partial charge >= 0.3 is 0 Å². The Balaban J connectivity index is 1.92. The molecule has 0 aliphatic carbocycles. The van der Waals surface area contributed by atoms with Gasteiger partial charge in [0.05, 0.1) is 6.33 Å². The third-order valence-corrected chi connectivity index (χ3v) is 5.15. The van der Waals surface area contributed by atoms with Crippen molar-refractivity contribution >= 4 is 11.6 Å². The number of hydrogen-bond donors (Lipinski definition) is 1. The predicted molar refractivity (Wildman–Crippen MR) is 106 cm³/mol. The average molecular weight is 347 g/mol. The maximum Gasteiger partial charge on any atom is 0.223 e. The van der Waals surface area contributed by atoms with Gasteiger partial charge in [0, 0.05) is 37.5 Å². The molecule has 1 unspecified atom stereocenters. The lowest BCUT2D eigenvalue weighted by Gasteiger charge is -2.20. The Bertz CT molecular complexity index is 882. The summed E-state index contributed by atoms with van der Waals surface area (Å²) >= 11 is 0. The predicted octanol–water partition coefficient (Wildman–Crippen LogP) is 4.38. The molecule has 3 aromatic rings.